The predicted molar refractivity (Wildman–Crippen MR) is 93.1 cm³/mol. The molecular formula is C18H23ClN2O4. The molecule has 3 N–H and O–H groups in total. The highest BCUT2D eigenvalue weighted by atomic mass is 35.5. The Morgan fingerprint density at radius 1 is 1.32 bits per heavy atom. The van der Waals surface area contributed by atoms with E-state index in [-0.39, 0.29) is 25.0 Å². The summed E-state index contributed by atoms with van der Waals surface area (Å²) in [6.45, 7) is -0.278. The number of aliphatic hydroxyl groups excluding tert-OH is 1. The first-order chi connectivity index (χ1) is 12.0. The Balaban J connectivity index is 1.81. The Morgan fingerprint density at radius 2 is 2.04 bits per heavy atom. The molecule has 0 spiro atoms. The Kier molecular flexibility index (Phi) is 5.61. The van der Waals surface area contributed by atoms with Crippen LogP contribution in [0.4, 0.5) is 0 Å². The molecule has 0 bridgehead atoms. The number of carbonyl (C=O) groups excluding carboxylic acids is 2. The first-order valence-electron chi connectivity index (χ1n) is 8.63. The molecule has 0 aromatic heterocycles. The summed E-state index contributed by atoms with van der Waals surface area (Å²) in [5, 5.41) is 16.1. The summed E-state index contributed by atoms with van der Waals surface area (Å²) in [4.78, 5) is 24.7. The molecule has 1 heterocycles. The second-order valence-corrected chi connectivity index (χ2v) is 7.19. The van der Waals surface area contributed by atoms with Crippen molar-refractivity contribution in [2.24, 2.45) is 0 Å². The zero-order chi connectivity index (χ0) is 17.9. The molecule has 3 rings (SSSR count). The number of ether oxygens (including phenoxy) is 1. The smallest absolute Gasteiger partial charge is 0.252 e. The van der Waals surface area contributed by atoms with E-state index in [9.17, 15) is 14.7 Å². The van der Waals surface area contributed by atoms with Gasteiger partial charge in [0.1, 0.15) is 6.61 Å². The SMILES string of the molecule is O=C1COC(C(=O)NC2(CO)CCCCC2)C(c2ccccc2Cl)N1. The molecule has 2 amide bonds. The van der Waals surface area contributed by atoms with E-state index in [2.05, 4.69) is 10.6 Å². The summed E-state index contributed by atoms with van der Waals surface area (Å²) in [5.74, 6) is -0.621. The molecule has 25 heavy (non-hydrogen) atoms. The summed E-state index contributed by atoms with van der Waals surface area (Å²) < 4.78 is 5.54. The van der Waals surface area contributed by atoms with Crippen molar-refractivity contribution in [2.75, 3.05) is 13.2 Å². The van der Waals surface area contributed by atoms with Crippen molar-refractivity contribution in [1.29, 1.82) is 0 Å². The summed E-state index contributed by atoms with van der Waals surface area (Å²) in [6, 6.07) is 6.41. The molecule has 2 atom stereocenters. The van der Waals surface area contributed by atoms with Gasteiger partial charge in [-0.2, -0.15) is 0 Å². The average molecular weight is 367 g/mol. The molecule has 136 valence electrons. The lowest BCUT2D eigenvalue weighted by Crippen LogP contribution is -2.59. The van der Waals surface area contributed by atoms with Gasteiger partial charge in [0.25, 0.3) is 5.91 Å². The maximum atomic E-state index is 12.9. The first-order valence-corrected chi connectivity index (χ1v) is 9.01. The number of amides is 2. The number of hydrogen-bond donors (Lipinski definition) is 3. The minimum absolute atomic E-state index is 0.103. The van der Waals surface area contributed by atoms with Crippen molar-refractivity contribution in [3.05, 3.63) is 34.9 Å². The molecule has 6 nitrogen and oxygen atoms in total. The zero-order valence-electron chi connectivity index (χ0n) is 14.0. The molecule has 1 saturated heterocycles. The van der Waals surface area contributed by atoms with Gasteiger partial charge in [0.05, 0.1) is 18.2 Å². The third-order valence-electron chi connectivity index (χ3n) is 5.01. The molecule has 1 aliphatic carbocycles. The van der Waals surface area contributed by atoms with Crippen molar-refractivity contribution in [3.63, 3.8) is 0 Å². The molecule has 7 heteroatoms. The summed E-state index contributed by atoms with van der Waals surface area (Å²) in [6.07, 6.45) is 3.64. The number of hydrogen-bond acceptors (Lipinski definition) is 4. The van der Waals surface area contributed by atoms with Gasteiger partial charge in [-0.05, 0) is 24.5 Å². The molecule has 2 unspecified atom stereocenters. The third-order valence-corrected chi connectivity index (χ3v) is 5.36. The molecule has 2 aliphatic rings. The van der Waals surface area contributed by atoms with Gasteiger partial charge in [-0.1, -0.05) is 49.1 Å². The van der Waals surface area contributed by atoms with Crippen molar-refractivity contribution in [1.82, 2.24) is 10.6 Å². The largest absolute Gasteiger partial charge is 0.394 e. The van der Waals surface area contributed by atoms with Gasteiger partial charge in [-0.3, -0.25) is 9.59 Å². The van der Waals surface area contributed by atoms with E-state index in [0.717, 1.165) is 32.1 Å². The van der Waals surface area contributed by atoms with Crippen molar-refractivity contribution < 1.29 is 19.4 Å². The van der Waals surface area contributed by atoms with Crippen LogP contribution in [0.5, 0.6) is 0 Å². The van der Waals surface area contributed by atoms with E-state index >= 15 is 0 Å². The molecule has 1 saturated carbocycles. The van der Waals surface area contributed by atoms with Crippen LogP contribution in [0.3, 0.4) is 0 Å². The van der Waals surface area contributed by atoms with Gasteiger partial charge >= 0.3 is 0 Å². The summed E-state index contributed by atoms with van der Waals surface area (Å²) >= 11 is 6.24. The van der Waals surface area contributed by atoms with Crippen LogP contribution >= 0.6 is 11.6 Å². The number of halogens is 1. The van der Waals surface area contributed by atoms with Crippen LogP contribution in [0.2, 0.25) is 5.02 Å². The second-order valence-electron chi connectivity index (χ2n) is 6.79. The third kappa shape index (κ3) is 3.97. The standard InChI is InChI=1S/C18H23ClN2O4/c19-13-7-3-2-6-12(13)15-16(25-10-14(23)20-15)17(24)21-18(11-22)8-4-1-5-9-18/h2-3,6-7,15-16,22H,1,4-5,8-11H2,(H,20,23)(H,21,24). The average Bonchev–Trinajstić information content (AvgIpc) is 2.62. The first kappa shape index (κ1) is 18.2. The van der Waals surface area contributed by atoms with Crippen LogP contribution in [-0.4, -0.2) is 41.8 Å². The van der Waals surface area contributed by atoms with Gasteiger partial charge in [0.2, 0.25) is 5.91 Å². The number of nitrogens with one attached hydrogen (secondary N) is 2. The highest BCUT2D eigenvalue weighted by Crippen LogP contribution is 2.31. The lowest BCUT2D eigenvalue weighted by molar-refractivity contribution is -0.149. The van der Waals surface area contributed by atoms with E-state index in [4.69, 9.17) is 16.3 Å². The highest BCUT2D eigenvalue weighted by molar-refractivity contribution is 6.31. The minimum atomic E-state index is -0.886. The molecular weight excluding hydrogens is 344 g/mol. The maximum absolute atomic E-state index is 12.9. The number of carbonyl (C=O) groups is 2. The van der Waals surface area contributed by atoms with Crippen LogP contribution in [0.1, 0.15) is 43.7 Å². The van der Waals surface area contributed by atoms with Crippen LogP contribution in [0.15, 0.2) is 24.3 Å². The van der Waals surface area contributed by atoms with Gasteiger partial charge in [0.15, 0.2) is 6.10 Å². The van der Waals surface area contributed by atoms with E-state index < -0.39 is 17.7 Å². The molecule has 1 aliphatic heterocycles. The lowest BCUT2D eigenvalue weighted by atomic mass is 9.82. The monoisotopic (exact) mass is 366 g/mol. The fourth-order valence-corrected chi connectivity index (χ4v) is 3.88. The fourth-order valence-electron chi connectivity index (χ4n) is 3.63. The van der Waals surface area contributed by atoms with Gasteiger partial charge in [-0.15, -0.1) is 0 Å². The minimum Gasteiger partial charge on any atom is -0.394 e. The molecule has 2 fully saturated rings. The highest BCUT2D eigenvalue weighted by Gasteiger charge is 2.41. The van der Waals surface area contributed by atoms with Crippen LogP contribution < -0.4 is 10.6 Å². The van der Waals surface area contributed by atoms with E-state index in [1.807, 2.05) is 0 Å². The number of rotatable bonds is 4. The Labute approximate surface area is 151 Å². The second kappa shape index (κ2) is 7.72. The normalized spacial score (nSPS) is 25.9. The lowest BCUT2D eigenvalue weighted by Gasteiger charge is -2.39. The quantitative estimate of drug-likeness (QED) is 0.757. The van der Waals surface area contributed by atoms with E-state index in [1.165, 1.54) is 0 Å². The van der Waals surface area contributed by atoms with Crippen molar-refractivity contribution >= 4 is 23.4 Å². The number of morpholine rings is 1. The summed E-state index contributed by atoms with van der Waals surface area (Å²) in [5.41, 5.74) is 0.0320. The van der Waals surface area contributed by atoms with Crippen LogP contribution in [0, 0.1) is 0 Å². The topological polar surface area (TPSA) is 87.7 Å². The van der Waals surface area contributed by atoms with Crippen LogP contribution in [0.25, 0.3) is 0 Å². The molecule has 0 radical (unpaired) electrons. The van der Waals surface area contributed by atoms with Gasteiger partial charge in [0, 0.05) is 5.02 Å². The fraction of sp³-hybridized carbons (Fsp3) is 0.556. The van der Waals surface area contributed by atoms with Gasteiger partial charge < -0.3 is 20.5 Å². The van der Waals surface area contributed by atoms with Crippen LogP contribution in [-0.2, 0) is 14.3 Å². The number of benzene rings is 1. The van der Waals surface area contributed by atoms with Crippen molar-refractivity contribution in [2.45, 2.75) is 49.8 Å². The molecule has 1 aromatic carbocycles. The van der Waals surface area contributed by atoms with Crippen molar-refractivity contribution in [3.8, 4) is 0 Å². The van der Waals surface area contributed by atoms with E-state index in [0.29, 0.717) is 10.6 Å². The summed E-state index contributed by atoms with van der Waals surface area (Å²) in [7, 11) is 0. The predicted octanol–water partition coefficient (Wildman–Crippen LogP) is 1.71. The number of aliphatic hydroxyl groups is 1. The Hall–Kier alpha value is -1.63. The maximum Gasteiger partial charge on any atom is 0.252 e. The zero-order valence-corrected chi connectivity index (χ0v) is 14.7. The Morgan fingerprint density at radius 3 is 2.72 bits per heavy atom. The van der Waals surface area contributed by atoms with E-state index in [1.54, 1.807) is 24.3 Å². The Bertz CT molecular complexity index is 646. The van der Waals surface area contributed by atoms with Gasteiger partial charge in [-0.25, -0.2) is 0 Å². The molecule has 1 aromatic rings.